The van der Waals surface area contributed by atoms with Gasteiger partial charge in [-0.05, 0) is 40.2 Å². The summed E-state index contributed by atoms with van der Waals surface area (Å²) in [5.41, 5.74) is 0. The zero-order chi connectivity index (χ0) is 14.1. The monoisotopic (exact) mass is 324 g/mol. The molecule has 0 unspecified atom stereocenters. The molecule has 0 heterocycles. The Bertz CT molecular complexity index is 477. The molecule has 0 bridgehead atoms. The molecule has 0 atom stereocenters. The second kappa shape index (κ2) is 8.43. The Balaban J connectivity index is 0.000000191. The van der Waals surface area contributed by atoms with E-state index in [9.17, 15) is 0 Å². The third-order valence-electron chi connectivity index (χ3n) is 2.35. The summed E-state index contributed by atoms with van der Waals surface area (Å²) in [6.07, 6.45) is 0. The van der Waals surface area contributed by atoms with Crippen molar-refractivity contribution in [3.05, 3.63) is 53.0 Å². The fourth-order valence-electron chi connectivity index (χ4n) is 1.40. The number of hydrogen-bond acceptors (Lipinski definition) is 3. The fourth-order valence-corrected chi connectivity index (χ4v) is 1.84. The highest BCUT2D eigenvalue weighted by molar-refractivity contribution is 9.10. The Hall–Kier alpha value is -1.68. The second-order valence-electron chi connectivity index (χ2n) is 3.49. The zero-order valence-corrected chi connectivity index (χ0v) is 12.8. The lowest BCUT2D eigenvalue weighted by molar-refractivity contribution is 0.355. The third-order valence-corrected chi connectivity index (χ3v) is 3.00. The summed E-state index contributed by atoms with van der Waals surface area (Å²) in [4.78, 5) is 0. The summed E-state index contributed by atoms with van der Waals surface area (Å²) in [5.74, 6) is 2.41. The normalized spacial score (nSPS) is 9.05. The number of rotatable bonds is 3. The van der Waals surface area contributed by atoms with Crippen LogP contribution in [0.25, 0.3) is 0 Å². The van der Waals surface area contributed by atoms with Crippen molar-refractivity contribution in [2.75, 3.05) is 21.3 Å². The van der Waals surface area contributed by atoms with Gasteiger partial charge in [-0.3, -0.25) is 0 Å². The lowest BCUT2D eigenvalue weighted by Gasteiger charge is -2.04. The van der Waals surface area contributed by atoms with Crippen molar-refractivity contribution in [1.82, 2.24) is 0 Å². The predicted molar refractivity (Wildman–Crippen MR) is 80.2 cm³/mol. The van der Waals surface area contributed by atoms with Gasteiger partial charge in [0, 0.05) is 0 Å². The SMILES string of the molecule is COc1ccccc1Br.COc1ccccc1OC. The van der Waals surface area contributed by atoms with Crippen molar-refractivity contribution in [2.45, 2.75) is 0 Å². The van der Waals surface area contributed by atoms with Gasteiger partial charge in [-0.1, -0.05) is 24.3 Å². The topological polar surface area (TPSA) is 27.7 Å². The van der Waals surface area contributed by atoms with Crippen LogP contribution in [0.3, 0.4) is 0 Å². The summed E-state index contributed by atoms with van der Waals surface area (Å²) in [7, 11) is 4.90. The molecule has 19 heavy (non-hydrogen) atoms. The van der Waals surface area contributed by atoms with Crippen molar-refractivity contribution < 1.29 is 14.2 Å². The van der Waals surface area contributed by atoms with Crippen LogP contribution < -0.4 is 14.2 Å². The molecule has 0 aliphatic heterocycles. The molecule has 0 aliphatic carbocycles. The van der Waals surface area contributed by atoms with E-state index in [1.165, 1.54) is 0 Å². The molecular formula is C15H17BrO3. The van der Waals surface area contributed by atoms with Gasteiger partial charge in [-0.25, -0.2) is 0 Å². The molecule has 0 spiro atoms. The lowest BCUT2D eigenvalue weighted by atomic mass is 10.3. The van der Waals surface area contributed by atoms with Crippen LogP contribution in [-0.2, 0) is 0 Å². The highest BCUT2D eigenvalue weighted by atomic mass is 79.9. The van der Waals surface area contributed by atoms with Gasteiger partial charge in [0.2, 0.25) is 0 Å². The van der Waals surface area contributed by atoms with E-state index in [1.807, 2.05) is 48.5 Å². The average Bonchev–Trinajstić information content (AvgIpc) is 2.48. The quantitative estimate of drug-likeness (QED) is 0.848. The molecule has 0 radical (unpaired) electrons. The van der Waals surface area contributed by atoms with Gasteiger partial charge in [-0.15, -0.1) is 0 Å². The molecule has 2 aromatic rings. The number of para-hydroxylation sites is 3. The van der Waals surface area contributed by atoms with E-state index in [0.717, 1.165) is 21.7 Å². The van der Waals surface area contributed by atoms with Crippen LogP contribution in [0.2, 0.25) is 0 Å². The summed E-state index contributed by atoms with van der Waals surface area (Å²) < 4.78 is 16.0. The second-order valence-corrected chi connectivity index (χ2v) is 4.34. The van der Waals surface area contributed by atoms with Gasteiger partial charge < -0.3 is 14.2 Å². The van der Waals surface area contributed by atoms with Crippen molar-refractivity contribution in [2.24, 2.45) is 0 Å². The van der Waals surface area contributed by atoms with Gasteiger partial charge in [0.05, 0.1) is 25.8 Å². The first-order valence-electron chi connectivity index (χ1n) is 5.68. The minimum Gasteiger partial charge on any atom is -0.496 e. The summed E-state index contributed by atoms with van der Waals surface area (Å²) >= 11 is 3.33. The first-order valence-corrected chi connectivity index (χ1v) is 6.47. The van der Waals surface area contributed by atoms with E-state index < -0.39 is 0 Å². The highest BCUT2D eigenvalue weighted by Gasteiger charge is 1.97. The Morgan fingerprint density at radius 1 is 0.632 bits per heavy atom. The summed E-state index contributed by atoms with van der Waals surface area (Å²) in [6.45, 7) is 0. The molecule has 0 aliphatic rings. The highest BCUT2D eigenvalue weighted by Crippen LogP contribution is 2.24. The first-order chi connectivity index (χ1) is 9.22. The van der Waals surface area contributed by atoms with E-state index in [4.69, 9.17) is 14.2 Å². The Kier molecular flexibility index (Phi) is 6.82. The van der Waals surface area contributed by atoms with E-state index in [1.54, 1.807) is 21.3 Å². The van der Waals surface area contributed by atoms with Crippen LogP contribution in [0.4, 0.5) is 0 Å². The Morgan fingerprint density at radius 2 is 1.00 bits per heavy atom. The molecule has 0 aromatic heterocycles. The van der Waals surface area contributed by atoms with Gasteiger partial charge in [0.25, 0.3) is 0 Å². The number of hydrogen-bond donors (Lipinski definition) is 0. The molecule has 0 fully saturated rings. The summed E-state index contributed by atoms with van der Waals surface area (Å²) in [5, 5.41) is 0. The maximum Gasteiger partial charge on any atom is 0.160 e. The third kappa shape index (κ3) is 4.83. The van der Waals surface area contributed by atoms with Crippen molar-refractivity contribution in [3.8, 4) is 17.2 Å². The van der Waals surface area contributed by atoms with Crippen molar-refractivity contribution >= 4 is 15.9 Å². The zero-order valence-electron chi connectivity index (χ0n) is 11.2. The van der Waals surface area contributed by atoms with Gasteiger partial charge in [0.15, 0.2) is 11.5 Å². The smallest absolute Gasteiger partial charge is 0.160 e. The van der Waals surface area contributed by atoms with E-state index in [-0.39, 0.29) is 0 Å². The molecule has 4 heteroatoms. The molecule has 102 valence electrons. The van der Waals surface area contributed by atoms with Crippen LogP contribution in [0, 0.1) is 0 Å². The number of benzene rings is 2. The van der Waals surface area contributed by atoms with Crippen molar-refractivity contribution in [1.29, 1.82) is 0 Å². The Labute approximate surface area is 122 Å². The van der Waals surface area contributed by atoms with Gasteiger partial charge in [-0.2, -0.15) is 0 Å². The van der Waals surface area contributed by atoms with Gasteiger partial charge in [0.1, 0.15) is 5.75 Å². The number of halogens is 1. The minimum absolute atomic E-state index is 0.769. The average molecular weight is 325 g/mol. The fraction of sp³-hybridized carbons (Fsp3) is 0.200. The van der Waals surface area contributed by atoms with Crippen LogP contribution in [0.15, 0.2) is 53.0 Å². The predicted octanol–water partition coefficient (Wildman–Crippen LogP) is 4.16. The molecule has 2 aromatic carbocycles. The molecule has 0 N–H and O–H groups in total. The molecule has 2 rings (SSSR count). The van der Waals surface area contributed by atoms with Crippen LogP contribution in [0.1, 0.15) is 0 Å². The maximum atomic E-state index is 5.01. The summed E-state index contributed by atoms with van der Waals surface area (Å²) in [6, 6.07) is 15.3. The van der Waals surface area contributed by atoms with E-state index >= 15 is 0 Å². The van der Waals surface area contributed by atoms with Crippen LogP contribution >= 0.6 is 15.9 Å². The van der Waals surface area contributed by atoms with E-state index in [2.05, 4.69) is 15.9 Å². The maximum absolute atomic E-state index is 5.01. The molecule has 0 saturated heterocycles. The molecular weight excluding hydrogens is 308 g/mol. The first kappa shape index (κ1) is 15.4. The van der Waals surface area contributed by atoms with Gasteiger partial charge >= 0.3 is 0 Å². The standard InChI is InChI=1S/C8H10O2.C7H7BrO/c1-9-7-5-3-4-6-8(7)10-2;1-9-7-5-3-2-4-6(7)8/h3-6H,1-2H3;2-5H,1H3. The largest absolute Gasteiger partial charge is 0.496 e. The number of methoxy groups -OCH3 is 3. The van der Waals surface area contributed by atoms with Crippen molar-refractivity contribution in [3.63, 3.8) is 0 Å². The van der Waals surface area contributed by atoms with Crippen LogP contribution in [-0.4, -0.2) is 21.3 Å². The number of ether oxygens (including phenoxy) is 3. The van der Waals surface area contributed by atoms with Crippen LogP contribution in [0.5, 0.6) is 17.2 Å². The Morgan fingerprint density at radius 3 is 1.32 bits per heavy atom. The molecule has 0 amide bonds. The molecule has 0 saturated carbocycles. The molecule has 3 nitrogen and oxygen atoms in total. The minimum atomic E-state index is 0.769. The lowest BCUT2D eigenvalue weighted by Crippen LogP contribution is -1.88. The van der Waals surface area contributed by atoms with E-state index in [0.29, 0.717) is 0 Å².